The Labute approximate surface area is 130 Å². The number of rotatable bonds is 2. The zero-order valence-corrected chi connectivity index (χ0v) is 13.1. The molecule has 108 valence electrons. The van der Waals surface area contributed by atoms with Crippen LogP contribution in [-0.4, -0.2) is 16.0 Å². The molecule has 1 aromatic carbocycles. The topological polar surface area (TPSA) is 29.0 Å². The second kappa shape index (κ2) is 4.70. The summed E-state index contributed by atoms with van der Waals surface area (Å²) in [6, 6.07) is 8.96. The van der Waals surface area contributed by atoms with Gasteiger partial charge in [0.05, 0.1) is 0 Å². The predicted octanol–water partition coefficient (Wildman–Crippen LogP) is 4.40. The van der Waals surface area contributed by atoms with Crippen LogP contribution in [0.5, 0.6) is 0 Å². The van der Waals surface area contributed by atoms with Gasteiger partial charge in [-0.1, -0.05) is 29.8 Å². The number of hydrogen-bond donors (Lipinski definition) is 0. The highest BCUT2D eigenvalue weighted by Gasteiger charge is 2.32. The highest BCUT2D eigenvalue weighted by Crippen LogP contribution is 2.43. The summed E-state index contributed by atoms with van der Waals surface area (Å²) in [6.45, 7) is 4.26. The average molecular weight is 300 g/mol. The first-order valence-electron chi connectivity index (χ1n) is 7.56. The second-order valence-electron chi connectivity index (χ2n) is 6.15. The van der Waals surface area contributed by atoms with E-state index in [0.717, 1.165) is 23.6 Å². The Morgan fingerprint density at radius 2 is 1.95 bits per heavy atom. The van der Waals surface area contributed by atoms with Crippen LogP contribution in [0, 0.1) is 6.92 Å². The normalized spacial score (nSPS) is 20.7. The van der Waals surface area contributed by atoms with Gasteiger partial charge in [0.15, 0.2) is 0 Å². The van der Waals surface area contributed by atoms with Gasteiger partial charge in [-0.05, 0) is 44.7 Å². The third-order valence-corrected chi connectivity index (χ3v) is 4.82. The van der Waals surface area contributed by atoms with E-state index in [9.17, 15) is 0 Å². The summed E-state index contributed by atoms with van der Waals surface area (Å²) in [4.78, 5) is 11.7. The first kappa shape index (κ1) is 13.1. The SMILES string of the molecule is Cc1c(Cl)nc(C2CC2)nc1N1c2ccccc2CC1C. The molecule has 1 atom stereocenters. The first-order valence-corrected chi connectivity index (χ1v) is 7.94. The Morgan fingerprint density at radius 1 is 1.19 bits per heavy atom. The Balaban J connectivity index is 1.86. The molecule has 4 rings (SSSR count). The van der Waals surface area contributed by atoms with Gasteiger partial charge in [-0.15, -0.1) is 0 Å². The van der Waals surface area contributed by atoms with Crippen molar-refractivity contribution in [1.82, 2.24) is 9.97 Å². The van der Waals surface area contributed by atoms with Crippen LogP contribution >= 0.6 is 11.6 Å². The Hall–Kier alpha value is -1.61. The lowest BCUT2D eigenvalue weighted by Crippen LogP contribution is -2.26. The fraction of sp³-hybridized carbons (Fsp3) is 0.412. The van der Waals surface area contributed by atoms with Crippen LogP contribution in [-0.2, 0) is 6.42 Å². The molecular weight excluding hydrogens is 282 g/mol. The molecule has 1 unspecified atom stereocenters. The molecule has 0 saturated heterocycles. The van der Waals surface area contributed by atoms with E-state index >= 15 is 0 Å². The molecule has 1 saturated carbocycles. The molecule has 1 aliphatic carbocycles. The number of hydrogen-bond acceptors (Lipinski definition) is 3. The zero-order chi connectivity index (χ0) is 14.6. The maximum atomic E-state index is 6.37. The summed E-state index contributed by atoms with van der Waals surface area (Å²) in [5, 5.41) is 0.596. The van der Waals surface area contributed by atoms with Gasteiger partial charge in [-0.2, -0.15) is 0 Å². The Bertz CT molecular complexity index is 709. The Kier molecular flexibility index (Phi) is 2.93. The summed E-state index contributed by atoms with van der Waals surface area (Å²) in [6.07, 6.45) is 3.42. The lowest BCUT2D eigenvalue weighted by Gasteiger charge is -2.26. The maximum Gasteiger partial charge on any atom is 0.141 e. The van der Waals surface area contributed by atoms with Crippen molar-refractivity contribution in [3.05, 3.63) is 46.4 Å². The molecule has 3 nitrogen and oxygen atoms in total. The van der Waals surface area contributed by atoms with E-state index < -0.39 is 0 Å². The van der Waals surface area contributed by atoms with Crippen LogP contribution in [0.25, 0.3) is 0 Å². The molecule has 0 N–H and O–H groups in total. The lowest BCUT2D eigenvalue weighted by molar-refractivity contribution is 0.740. The molecule has 0 spiro atoms. The second-order valence-corrected chi connectivity index (χ2v) is 6.51. The van der Waals surface area contributed by atoms with Crippen LogP contribution in [0.1, 0.15) is 42.6 Å². The van der Waals surface area contributed by atoms with Gasteiger partial charge < -0.3 is 4.90 Å². The summed E-state index contributed by atoms with van der Waals surface area (Å²) in [7, 11) is 0. The molecule has 4 heteroatoms. The number of para-hydroxylation sites is 1. The van der Waals surface area contributed by atoms with E-state index in [4.69, 9.17) is 16.6 Å². The monoisotopic (exact) mass is 299 g/mol. The smallest absolute Gasteiger partial charge is 0.141 e. The highest BCUT2D eigenvalue weighted by atomic mass is 35.5. The van der Waals surface area contributed by atoms with Crippen molar-refractivity contribution in [3.63, 3.8) is 0 Å². The molecular formula is C17H18ClN3. The molecule has 21 heavy (non-hydrogen) atoms. The number of aromatic nitrogens is 2. The summed E-state index contributed by atoms with van der Waals surface area (Å²) in [5.74, 6) is 2.40. The fourth-order valence-corrected chi connectivity index (χ4v) is 3.31. The zero-order valence-electron chi connectivity index (χ0n) is 12.3. The number of nitrogens with zero attached hydrogens (tertiary/aromatic N) is 3. The number of benzene rings is 1. The number of halogens is 1. The minimum Gasteiger partial charge on any atom is -0.323 e. The van der Waals surface area contributed by atoms with Crippen LogP contribution in [0.3, 0.4) is 0 Å². The van der Waals surface area contributed by atoms with Gasteiger partial charge in [-0.25, -0.2) is 9.97 Å². The van der Waals surface area contributed by atoms with E-state index in [1.807, 2.05) is 6.92 Å². The van der Waals surface area contributed by atoms with Crippen molar-refractivity contribution in [3.8, 4) is 0 Å². The third-order valence-electron chi connectivity index (χ3n) is 4.46. The van der Waals surface area contributed by atoms with Gasteiger partial charge in [0.2, 0.25) is 0 Å². The molecule has 0 bridgehead atoms. The third kappa shape index (κ3) is 2.11. The first-order chi connectivity index (χ1) is 10.1. The van der Waals surface area contributed by atoms with Crippen LogP contribution in [0.4, 0.5) is 11.5 Å². The van der Waals surface area contributed by atoms with E-state index in [1.54, 1.807) is 0 Å². The van der Waals surface area contributed by atoms with E-state index in [1.165, 1.54) is 24.1 Å². The molecule has 1 aliphatic heterocycles. The maximum absolute atomic E-state index is 6.37. The summed E-state index contributed by atoms with van der Waals surface area (Å²) >= 11 is 6.37. The quantitative estimate of drug-likeness (QED) is 0.770. The lowest BCUT2D eigenvalue weighted by atomic mass is 10.1. The number of anilines is 2. The van der Waals surface area contributed by atoms with Crippen LogP contribution < -0.4 is 4.90 Å². The fourth-order valence-electron chi connectivity index (χ4n) is 3.14. The van der Waals surface area contributed by atoms with Gasteiger partial charge in [0, 0.05) is 23.2 Å². The predicted molar refractivity (Wildman–Crippen MR) is 85.5 cm³/mol. The summed E-state index contributed by atoms with van der Waals surface area (Å²) in [5.41, 5.74) is 3.61. The molecule has 2 heterocycles. The van der Waals surface area contributed by atoms with Crippen molar-refractivity contribution in [2.24, 2.45) is 0 Å². The van der Waals surface area contributed by atoms with Gasteiger partial charge in [0.25, 0.3) is 0 Å². The minimum absolute atomic E-state index is 0.402. The molecule has 2 aromatic rings. The standard InChI is InChI=1S/C17H18ClN3/c1-10-9-13-5-3-4-6-14(13)21(10)17-11(2)15(18)19-16(20-17)12-7-8-12/h3-6,10,12H,7-9H2,1-2H3. The van der Waals surface area contributed by atoms with Crippen LogP contribution in [0.2, 0.25) is 5.15 Å². The Morgan fingerprint density at radius 3 is 2.71 bits per heavy atom. The number of fused-ring (bicyclic) bond motifs is 1. The minimum atomic E-state index is 0.402. The molecule has 2 aliphatic rings. The molecule has 1 fully saturated rings. The largest absolute Gasteiger partial charge is 0.323 e. The van der Waals surface area contributed by atoms with Gasteiger partial charge in [-0.3, -0.25) is 0 Å². The van der Waals surface area contributed by atoms with Crippen molar-refractivity contribution >= 4 is 23.1 Å². The van der Waals surface area contributed by atoms with E-state index in [0.29, 0.717) is 17.1 Å². The molecule has 0 radical (unpaired) electrons. The molecule has 1 aromatic heterocycles. The van der Waals surface area contributed by atoms with Crippen molar-refractivity contribution in [2.45, 2.75) is 45.1 Å². The van der Waals surface area contributed by atoms with Crippen molar-refractivity contribution in [1.29, 1.82) is 0 Å². The van der Waals surface area contributed by atoms with Crippen molar-refractivity contribution in [2.75, 3.05) is 4.90 Å². The van der Waals surface area contributed by atoms with E-state index in [2.05, 4.69) is 41.1 Å². The van der Waals surface area contributed by atoms with Gasteiger partial charge in [0.1, 0.15) is 16.8 Å². The average Bonchev–Trinajstić information content (AvgIpc) is 3.25. The van der Waals surface area contributed by atoms with Crippen molar-refractivity contribution < 1.29 is 0 Å². The van der Waals surface area contributed by atoms with Crippen LogP contribution in [0.15, 0.2) is 24.3 Å². The summed E-state index contributed by atoms with van der Waals surface area (Å²) < 4.78 is 0. The molecule has 0 amide bonds. The van der Waals surface area contributed by atoms with Gasteiger partial charge >= 0.3 is 0 Å². The highest BCUT2D eigenvalue weighted by molar-refractivity contribution is 6.30. The van der Waals surface area contributed by atoms with E-state index in [-0.39, 0.29) is 0 Å².